The minimum atomic E-state index is -0.317. The van der Waals surface area contributed by atoms with Crippen molar-refractivity contribution >= 4 is 46.4 Å². The third-order valence-electron chi connectivity index (χ3n) is 4.08. The lowest BCUT2D eigenvalue weighted by molar-refractivity contribution is -0.122. The molecule has 0 radical (unpaired) electrons. The average Bonchev–Trinajstić information content (AvgIpc) is 3.32. The molecular weight excluding hydrogens is 347 g/mol. The number of anilines is 2. The van der Waals surface area contributed by atoms with E-state index in [1.165, 1.54) is 0 Å². The first kappa shape index (κ1) is 16.8. The van der Waals surface area contributed by atoms with Gasteiger partial charge in [-0.2, -0.15) is 0 Å². The molecule has 4 nitrogen and oxygen atoms in total. The maximum absolute atomic E-state index is 12.3. The first-order chi connectivity index (χ1) is 11.5. The van der Waals surface area contributed by atoms with Crippen LogP contribution in [0.15, 0.2) is 42.5 Å². The fourth-order valence-corrected chi connectivity index (χ4v) is 2.91. The quantitative estimate of drug-likeness (QED) is 0.839. The van der Waals surface area contributed by atoms with Gasteiger partial charge in [0.1, 0.15) is 0 Å². The number of rotatable bonds is 4. The predicted octanol–water partition coefficient (Wildman–Crippen LogP) is 4.52. The number of hydrogen-bond acceptors (Lipinski definition) is 2. The van der Waals surface area contributed by atoms with E-state index in [1.807, 2.05) is 6.92 Å². The van der Waals surface area contributed by atoms with Crippen molar-refractivity contribution in [3.8, 4) is 0 Å². The molecular formula is C18H16Cl2N2O2. The second kappa shape index (κ2) is 6.83. The Bertz CT molecular complexity index is 807. The molecule has 2 atom stereocenters. The molecule has 0 bridgehead atoms. The topological polar surface area (TPSA) is 58.2 Å². The van der Waals surface area contributed by atoms with Crippen molar-refractivity contribution in [1.29, 1.82) is 0 Å². The Kier molecular flexibility index (Phi) is 4.78. The van der Waals surface area contributed by atoms with Gasteiger partial charge in [0, 0.05) is 21.4 Å². The Morgan fingerprint density at radius 3 is 2.38 bits per heavy atom. The minimum Gasteiger partial charge on any atom is -0.326 e. The number of carbonyl (C=O) groups excluding carboxylic acids is 2. The first-order valence-electron chi connectivity index (χ1n) is 7.58. The van der Waals surface area contributed by atoms with Crippen molar-refractivity contribution in [2.45, 2.75) is 13.3 Å². The number of benzene rings is 2. The van der Waals surface area contributed by atoms with Crippen LogP contribution in [-0.2, 0) is 9.59 Å². The van der Waals surface area contributed by atoms with Crippen LogP contribution >= 0.6 is 23.2 Å². The summed E-state index contributed by atoms with van der Waals surface area (Å²) in [7, 11) is 0. The summed E-state index contributed by atoms with van der Waals surface area (Å²) >= 11 is 11.9. The van der Waals surface area contributed by atoms with Gasteiger partial charge < -0.3 is 10.6 Å². The van der Waals surface area contributed by atoms with E-state index in [-0.39, 0.29) is 23.7 Å². The van der Waals surface area contributed by atoms with Gasteiger partial charge in [-0.05, 0) is 49.2 Å². The third kappa shape index (κ3) is 3.71. The number of halogens is 2. The van der Waals surface area contributed by atoms with E-state index in [9.17, 15) is 9.59 Å². The zero-order chi connectivity index (χ0) is 17.3. The Morgan fingerprint density at radius 1 is 1.00 bits per heavy atom. The van der Waals surface area contributed by atoms with Crippen molar-refractivity contribution < 1.29 is 9.59 Å². The van der Waals surface area contributed by atoms with E-state index >= 15 is 0 Å². The fourth-order valence-electron chi connectivity index (χ4n) is 2.54. The molecule has 2 N–H and O–H groups in total. The van der Waals surface area contributed by atoms with E-state index in [0.29, 0.717) is 27.8 Å². The molecule has 0 aliphatic heterocycles. The highest BCUT2D eigenvalue weighted by atomic mass is 35.5. The zero-order valence-corrected chi connectivity index (χ0v) is 14.5. The van der Waals surface area contributed by atoms with Crippen molar-refractivity contribution in [3.63, 3.8) is 0 Å². The summed E-state index contributed by atoms with van der Waals surface area (Å²) in [6, 6.07) is 12.3. The molecule has 0 heterocycles. The van der Waals surface area contributed by atoms with Crippen molar-refractivity contribution in [3.05, 3.63) is 58.1 Å². The molecule has 2 aromatic rings. The third-order valence-corrected chi connectivity index (χ3v) is 4.73. The lowest BCUT2D eigenvalue weighted by Crippen LogP contribution is -2.20. The van der Waals surface area contributed by atoms with Crippen LogP contribution in [-0.4, -0.2) is 11.8 Å². The van der Waals surface area contributed by atoms with E-state index in [1.54, 1.807) is 42.5 Å². The Hall–Kier alpha value is -2.04. The first-order valence-corrected chi connectivity index (χ1v) is 8.33. The smallest absolute Gasteiger partial charge is 0.228 e. The SMILES string of the molecule is Cc1c(Cl)cccc1NC(=O)C1CC1C(=O)Nc1cccc(Cl)c1. The molecule has 2 unspecified atom stereocenters. The van der Waals surface area contributed by atoms with E-state index in [2.05, 4.69) is 10.6 Å². The Morgan fingerprint density at radius 2 is 1.67 bits per heavy atom. The van der Waals surface area contributed by atoms with Gasteiger partial charge in [-0.3, -0.25) is 9.59 Å². The maximum Gasteiger partial charge on any atom is 0.228 e. The highest BCUT2D eigenvalue weighted by Gasteiger charge is 2.48. The summed E-state index contributed by atoms with van der Waals surface area (Å²) in [6.45, 7) is 1.84. The van der Waals surface area contributed by atoms with Crippen molar-refractivity contribution in [1.82, 2.24) is 0 Å². The normalized spacial score (nSPS) is 18.8. The van der Waals surface area contributed by atoms with Crippen LogP contribution in [0.25, 0.3) is 0 Å². The number of carbonyl (C=O) groups is 2. The van der Waals surface area contributed by atoms with Gasteiger partial charge in [0.05, 0.1) is 11.8 Å². The molecule has 2 amide bonds. The molecule has 1 fully saturated rings. The highest BCUT2D eigenvalue weighted by Crippen LogP contribution is 2.40. The minimum absolute atomic E-state index is 0.161. The molecule has 2 aromatic carbocycles. The predicted molar refractivity (Wildman–Crippen MR) is 96.5 cm³/mol. The van der Waals surface area contributed by atoms with Gasteiger partial charge in [0.2, 0.25) is 11.8 Å². The maximum atomic E-state index is 12.3. The largest absolute Gasteiger partial charge is 0.326 e. The van der Waals surface area contributed by atoms with E-state index in [4.69, 9.17) is 23.2 Å². The summed E-state index contributed by atoms with van der Waals surface area (Å²) in [5.74, 6) is -0.960. The molecule has 0 saturated heterocycles. The fraction of sp³-hybridized carbons (Fsp3) is 0.222. The van der Waals surface area contributed by atoms with Gasteiger partial charge in [-0.1, -0.05) is 35.3 Å². The number of nitrogens with one attached hydrogen (secondary N) is 2. The van der Waals surface area contributed by atoms with Crippen LogP contribution in [0.5, 0.6) is 0 Å². The molecule has 3 rings (SSSR count). The second-order valence-electron chi connectivity index (χ2n) is 5.85. The van der Waals surface area contributed by atoms with Crippen LogP contribution in [0.1, 0.15) is 12.0 Å². The summed E-state index contributed by atoms with van der Waals surface area (Å²) < 4.78 is 0. The lowest BCUT2D eigenvalue weighted by Gasteiger charge is -2.09. The van der Waals surface area contributed by atoms with Crippen LogP contribution in [0.2, 0.25) is 10.0 Å². The standard InChI is InChI=1S/C18H16Cl2N2O2/c1-10-15(20)6-3-7-16(10)22-18(24)14-9-13(14)17(23)21-12-5-2-4-11(19)8-12/h2-8,13-14H,9H2,1H3,(H,21,23)(H,22,24). The Labute approximate surface area is 150 Å². The average molecular weight is 363 g/mol. The molecule has 1 saturated carbocycles. The molecule has 0 spiro atoms. The molecule has 0 aromatic heterocycles. The Balaban J connectivity index is 1.59. The number of hydrogen-bond donors (Lipinski definition) is 2. The van der Waals surface area contributed by atoms with Crippen molar-refractivity contribution in [2.24, 2.45) is 11.8 Å². The van der Waals surface area contributed by atoms with Gasteiger partial charge in [0.15, 0.2) is 0 Å². The second-order valence-corrected chi connectivity index (χ2v) is 6.69. The van der Waals surface area contributed by atoms with Gasteiger partial charge in [0.25, 0.3) is 0 Å². The summed E-state index contributed by atoms with van der Waals surface area (Å²) in [4.78, 5) is 24.5. The van der Waals surface area contributed by atoms with Crippen molar-refractivity contribution in [2.75, 3.05) is 10.6 Å². The van der Waals surface area contributed by atoms with E-state index in [0.717, 1.165) is 5.56 Å². The van der Waals surface area contributed by atoms with Crippen LogP contribution in [0, 0.1) is 18.8 Å². The molecule has 6 heteroatoms. The van der Waals surface area contributed by atoms with Gasteiger partial charge >= 0.3 is 0 Å². The zero-order valence-electron chi connectivity index (χ0n) is 13.0. The molecule has 24 heavy (non-hydrogen) atoms. The van der Waals surface area contributed by atoms with E-state index < -0.39 is 0 Å². The molecule has 1 aliphatic carbocycles. The molecule has 124 valence electrons. The summed E-state index contributed by atoms with van der Waals surface area (Å²) in [6.07, 6.45) is 0.540. The summed E-state index contributed by atoms with van der Waals surface area (Å²) in [5.41, 5.74) is 2.12. The van der Waals surface area contributed by atoms with Gasteiger partial charge in [-0.15, -0.1) is 0 Å². The summed E-state index contributed by atoms with van der Waals surface area (Å²) in [5, 5.41) is 6.78. The van der Waals surface area contributed by atoms with Crippen LogP contribution in [0.4, 0.5) is 11.4 Å². The van der Waals surface area contributed by atoms with Gasteiger partial charge in [-0.25, -0.2) is 0 Å². The number of amides is 2. The highest BCUT2D eigenvalue weighted by molar-refractivity contribution is 6.32. The van der Waals surface area contributed by atoms with Crippen LogP contribution < -0.4 is 10.6 Å². The lowest BCUT2D eigenvalue weighted by atomic mass is 10.2. The molecule has 1 aliphatic rings. The van der Waals surface area contributed by atoms with Crippen LogP contribution in [0.3, 0.4) is 0 Å². The monoisotopic (exact) mass is 362 g/mol.